The molecular formula is C11H9N2O3-. The number of nitrogens with zero attached hydrogens (tertiary/aromatic N) is 1. The van der Waals surface area contributed by atoms with Gasteiger partial charge in [-0.05, 0) is 17.9 Å². The fourth-order valence-corrected chi connectivity index (χ4v) is 1.54. The minimum Gasteiger partial charge on any atom is -0.861 e. The van der Waals surface area contributed by atoms with Crippen LogP contribution in [0.1, 0.15) is 5.56 Å². The highest BCUT2D eigenvalue weighted by Gasteiger charge is 2.25. The summed E-state index contributed by atoms with van der Waals surface area (Å²) in [4.78, 5) is 25.4. The lowest BCUT2D eigenvalue weighted by atomic mass is 9.97. The maximum Gasteiger partial charge on any atom is 0.346 e. The molecule has 0 saturated heterocycles. The molecule has 2 rings (SSSR count). The molecule has 0 radical (unpaired) electrons. The molecule has 1 aliphatic rings. The van der Waals surface area contributed by atoms with Crippen LogP contribution in [-0.4, -0.2) is 17.8 Å². The van der Waals surface area contributed by atoms with E-state index < -0.39 is 23.8 Å². The number of carbonyl (C=O) groups is 2. The number of aliphatic imine (C=N–C) groups is 1. The molecular weight excluding hydrogens is 208 g/mol. The number of hydrogen-bond donors (Lipinski definition) is 1. The molecule has 5 heteroatoms. The quantitative estimate of drug-likeness (QED) is 0.748. The van der Waals surface area contributed by atoms with Gasteiger partial charge in [0.2, 0.25) is 5.91 Å². The van der Waals surface area contributed by atoms with Gasteiger partial charge in [0.05, 0.1) is 5.92 Å². The maximum atomic E-state index is 11.4. The highest BCUT2D eigenvalue weighted by Crippen LogP contribution is 2.11. The molecule has 82 valence electrons. The number of rotatable bonds is 2. The first kappa shape index (κ1) is 10.4. The summed E-state index contributed by atoms with van der Waals surface area (Å²) in [5.41, 5.74) is 0.862. The molecule has 0 aromatic heterocycles. The van der Waals surface area contributed by atoms with E-state index in [1.165, 1.54) is 0 Å². The van der Waals surface area contributed by atoms with Gasteiger partial charge in [-0.25, -0.2) is 9.79 Å². The van der Waals surface area contributed by atoms with Crippen LogP contribution in [0.2, 0.25) is 0 Å². The number of carbonyl (C=O) groups excluding carboxylic acids is 2. The van der Waals surface area contributed by atoms with Crippen molar-refractivity contribution in [1.29, 1.82) is 0 Å². The molecule has 3 amide bonds. The lowest BCUT2D eigenvalue weighted by Gasteiger charge is -2.25. The zero-order chi connectivity index (χ0) is 11.5. The molecule has 0 spiro atoms. The van der Waals surface area contributed by atoms with E-state index in [0.717, 1.165) is 5.56 Å². The van der Waals surface area contributed by atoms with Gasteiger partial charge in [0.1, 0.15) is 0 Å². The normalized spacial score (nSPS) is 20.2. The fourth-order valence-electron chi connectivity index (χ4n) is 1.54. The smallest absolute Gasteiger partial charge is 0.346 e. The summed E-state index contributed by atoms with van der Waals surface area (Å²) in [6.07, 6.45) is 0.266. The molecule has 1 heterocycles. The van der Waals surface area contributed by atoms with Crippen LogP contribution < -0.4 is 10.4 Å². The molecule has 16 heavy (non-hydrogen) atoms. The van der Waals surface area contributed by atoms with Gasteiger partial charge in [-0.15, -0.1) is 0 Å². The Morgan fingerprint density at radius 1 is 1.25 bits per heavy atom. The van der Waals surface area contributed by atoms with Crippen molar-refractivity contribution in [2.24, 2.45) is 10.9 Å². The van der Waals surface area contributed by atoms with Gasteiger partial charge >= 0.3 is 6.03 Å². The van der Waals surface area contributed by atoms with Crippen molar-refractivity contribution in [3.63, 3.8) is 0 Å². The average molecular weight is 217 g/mol. The van der Waals surface area contributed by atoms with E-state index in [4.69, 9.17) is 0 Å². The van der Waals surface area contributed by atoms with E-state index in [1.54, 1.807) is 0 Å². The highest BCUT2D eigenvalue weighted by molar-refractivity contribution is 6.12. The average Bonchev–Trinajstić information content (AvgIpc) is 2.25. The molecule has 1 atom stereocenters. The van der Waals surface area contributed by atoms with E-state index in [0.29, 0.717) is 0 Å². The largest absolute Gasteiger partial charge is 0.861 e. The van der Waals surface area contributed by atoms with Crippen molar-refractivity contribution in [2.75, 3.05) is 0 Å². The Balaban J connectivity index is 2.19. The summed E-state index contributed by atoms with van der Waals surface area (Å²) in [5, 5.41) is 13.4. The summed E-state index contributed by atoms with van der Waals surface area (Å²) in [5.74, 6) is -2.13. The molecule has 0 bridgehead atoms. The number of amides is 3. The Kier molecular flexibility index (Phi) is 2.68. The van der Waals surface area contributed by atoms with Gasteiger partial charge in [0.25, 0.3) is 0 Å². The Hall–Kier alpha value is -2.17. The van der Waals surface area contributed by atoms with E-state index in [2.05, 4.69) is 4.99 Å². The van der Waals surface area contributed by atoms with Gasteiger partial charge in [-0.2, -0.15) is 0 Å². The van der Waals surface area contributed by atoms with Crippen LogP contribution in [0.5, 0.6) is 0 Å². The molecule has 1 aromatic carbocycles. The number of nitrogens with one attached hydrogen (secondary N) is 1. The molecule has 0 aliphatic carbocycles. The van der Waals surface area contributed by atoms with E-state index >= 15 is 0 Å². The van der Waals surface area contributed by atoms with Gasteiger partial charge in [0.15, 0.2) is 0 Å². The van der Waals surface area contributed by atoms with Crippen LogP contribution in [0.4, 0.5) is 4.79 Å². The summed E-state index contributed by atoms with van der Waals surface area (Å²) < 4.78 is 0. The summed E-state index contributed by atoms with van der Waals surface area (Å²) >= 11 is 0. The Labute approximate surface area is 91.8 Å². The third kappa shape index (κ3) is 2.08. The summed E-state index contributed by atoms with van der Waals surface area (Å²) in [6, 6.07) is 8.25. The van der Waals surface area contributed by atoms with Crippen molar-refractivity contribution < 1.29 is 14.7 Å². The third-order valence-corrected chi connectivity index (χ3v) is 2.34. The second kappa shape index (κ2) is 4.14. The highest BCUT2D eigenvalue weighted by atomic mass is 16.3. The summed E-state index contributed by atoms with van der Waals surface area (Å²) in [6.45, 7) is 0. The van der Waals surface area contributed by atoms with E-state index in [-0.39, 0.29) is 6.42 Å². The van der Waals surface area contributed by atoms with Crippen LogP contribution in [0.3, 0.4) is 0 Å². The Bertz CT molecular complexity index is 454. The monoisotopic (exact) mass is 217 g/mol. The minimum absolute atomic E-state index is 0.266. The van der Waals surface area contributed by atoms with Gasteiger partial charge in [0, 0.05) is 0 Å². The zero-order valence-corrected chi connectivity index (χ0v) is 8.34. The lowest BCUT2D eigenvalue weighted by Crippen LogP contribution is -2.48. The van der Waals surface area contributed by atoms with E-state index in [1.807, 2.05) is 35.6 Å². The van der Waals surface area contributed by atoms with Crippen molar-refractivity contribution in [3.8, 4) is 0 Å². The summed E-state index contributed by atoms with van der Waals surface area (Å²) in [7, 11) is 0. The minimum atomic E-state index is -0.889. The van der Waals surface area contributed by atoms with Crippen LogP contribution in [0, 0.1) is 5.92 Å². The maximum absolute atomic E-state index is 11.4. The Morgan fingerprint density at radius 2 is 1.94 bits per heavy atom. The SMILES string of the molecule is O=C1N=C([O-])C(Cc2ccccc2)C(=O)N1. The lowest BCUT2D eigenvalue weighted by molar-refractivity contribution is -0.223. The predicted molar refractivity (Wildman–Crippen MR) is 54.6 cm³/mol. The van der Waals surface area contributed by atoms with Gasteiger partial charge in [-0.1, -0.05) is 30.3 Å². The van der Waals surface area contributed by atoms with Gasteiger partial charge < -0.3 is 5.11 Å². The topological polar surface area (TPSA) is 81.6 Å². The molecule has 1 aliphatic heterocycles. The van der Waals surface area contributed by atoms with Crippen molar-refractivity contribution in [1.82, 2.24) is 5.32 Å². The Morgan fingerprint density at radius 3 is 2.56 bits per heavy atom. The number of imide groups is 1. The number of hydrogen-bond acceptors (Lipinski definition) is 3. The zero-order valence-electron chi connectivity index (χ0n) is 8.34. The molecule has 0 saturated carbocycles. The second-order valence-electron chi connectivity index (χ2n) is 3.49. The molecule has 0 fully saturated rings. The molecule has 1 N–H and O–H groups in total. The van der Waals surface area contributed by atoms with Gasteiger partial charge in [-0.3, -0.25) is 10.1 Å². The van der Waals surface area contributed by atoms with Crippen molar-refractivity contribution in [3.05, 3.63) is 35.9 Å². The number of urea groups is 1. The molecule has 1 aromatic rings. The molecule has 5 nitrogen and oxygen atoms in total. The third-order valence-electron chi connectivity index (χ3n) is 2.34. The van der Waals surface area contributed by atoms with Crippen LogP contribution in [0.15, 0.2) is 35.3 Å². The van der Waals surface area contributed by atoms with Crippen LogP contribution in [-0.2, 0) is 11.2 Å². The fraction of sp³-hybridized carbons (Fsp3) is 0.182. The van der Waals surface area contributed by atoms with E-state index in [9.17, 15) is 14.7 Å². The van der Waals surface area contributed by atoms with Crippen LogP contribution >= 0.6 is 0 Å². The van der Waals surface area contributed by atoms with Crippen molar-refractivity contribution >= 4 is 17.8 Å². The first-order chi connectivity index (χ1) is 7.66. The predicted octanol–water partition coefficient (Wildman–Crippen LogP) is -0.146. The van der Waals surface area contributed by atoms with Crippen molar-refractivity contribution in [2.45, 2.75) is 6.42 Å². The number of benzene rings is 1. The van der Waals surface area contributed by atoms with Crippen LogP contribution in [0.25, 0.3) is 0 Å². The molecule has 1 unspecified atom stereocenters. The first-order valence-electron chi connectivity index (χ1n) is 4.81. The first-order valence-corrected chi connectivity index (χ1v) is 4.81. The second-order valence-corrected chi connectivity index (χ2v) is 3.49. The standard InChI is InChI=1S/C11H10N2O3/c14-9-8(10(15)13-11(16)12-9)6-7-4-2-1-3-5-7/h1-5,8H,6H2,(H2,12,13,14,15,16)/p-1.